The lowest BCUT2D eigenvalue weighted by Crippen LogP contribution is -2.39. The summed E-state index contributed by atoms with van der Waals surface area (Å²) in [5.74, 6) is -0.0997. The van der Waals surface area contributed by atoms with Crippen molar-refractivity contribution in [2.24, 2.45) is 0 Å². The predicted molar refractivity (Wildman–Crippen MR) is 74.5 cm³/mol. The van der Waals surface area contributed by atoms with E-state index in [1.54, 1.807) is 10.7 Å². The van der Waals surface area contributed by atoms with Gasteiger partial charge in [-0.3, -0.25) is 14.6 Å². The first-order chi connectivity index (χ1) is 9.63. The van der Waals surface area contributed by atoms with Crippen LogP contribution in [-0.4, -0.2) is 31.9 Å². The van der Waals surface area contributed by atoms with Gasteiger partial charge in [0.2, 0.25) is 0 Å². The number of aromatic amines is 1. The zero-order valence-corrected chi connectivity index (χ0v) is 11.8. The lowest BCUT2D eigenvalue weighted by molar-refractivity contribution is 0.0927. The van der Waals surface area contributed by atoms with E-state index in [9.17, 15) is 4.79 Å². The molecular weight excluding hydrogens is 254 g/mol. The Hall–Kier alpha value is -2.11. The smallest absolute Gasteiger partial charge is 0.272 e. The Labute approximate surface area is 117 Å². The van der Waals surface area contributed by atoms with E-state index in [0.29, 0.717) is 5.69 Å². The van der Waals surface area contributed by atoms with Gasteiger partial charge in [0.1, 0.15) is 5.69 Å². The first kappa shape index (κ1) is 12.9. The number of nitrogens with zero attached hydrogens (tertiary/aromatic N) is 3. The van der Waals surface area contributed by atoms with Crippen molar-refractivity contribution in [1.82, 2.24) is 25.3 Å². The molecule has 1 atom stereocenters. The highest BCUT2D eigenvalue weighted by Crippen LogP contribution is 2.19. The van der Waals surface area contributed by atoms with E-state index >= 15 is 0 Å². The van der Waals surface area contributed by atoms with E-state index in [4.69, 9.17) is 0 Å². The molecule has 2 heterocycles. The third-order valence-electron chi connectivity index (χ3n) is 3.73. The standard InChI is InChI=1S/C14H19N5O/c1-9(2)19-6-5-12(18-19)14(20)16-11-4-3-10-8-15-17-13(10)7-11/h5-6,8-9,11H,3-4,7H2,1-2H3,(H,15,17)(H,16,20). The quantitative estimate of drug-likeness (QED) is 0.889. The minimum absolute atomic E-state index is 0.0997. The van der Waals surface area contributed by atoms with Gasteiger partial charge < -0.3 is 5.32 Å². The summed E-state index contributed by atoms with van der Waals surface area (Å²) < 4.78 is 1.79. The molecule has 0 aromatic carbocycles. The van der Waals surface area contributed by atoms with E-state index in [1.165, 1.54) is 5.56 Å². The molecule has 2 aromatic heterocycles. The third-order valence-corrected chi connectivity index (χ3v) is 3.73. The summed E-state index contributed by atoms with van der Waals surface area (Å²) in [4.78, 5) is 12.2. The Morgan fingerprint density at radius 1 is 1.55 bits per heavy atom. The summed E-state index contributed by atoms with van der Waals surface area (Å²) in [5.41, 5.74) is 2.88. The van der Waals surface area contributed by atoms with Crippen molar-refractivity contribution >= 4 is 5.91 Å². The number of rotatable bonds is 3. The first-order valence-electron chi connectivity index (χ1n) is 7.00. The summed E-state index contributed by atoms with van der Waals surface area (Å²) in [5, 5.41) is 14.4. The molecule has 0 fully saturated rings. The number of hydrogen-bond acceptors (Lipinski definition) is 3. The summed E-state index contributed by atoms with van der Waals surface area (Å²) in [6.45, 7) is 4.07. The van der Waals surface area contributed by atoms with E-state index in [-0.39, 0.29) is 18.0 Å². The Kier molecular flexibility index (Phi) is 3.30. The van der Waals surface area contributed by atoms with Crippen molar-refractivity contribution in [3.8, 4) is 0 Å². The zero-order valence-electron chi connectivity index (χ0n) is 11.8. The number of hydrogen-bond donors (Lipinski definition) is 2. The van der Waals surface area contributed by atoms with Gasteiger partial charge >= 0.3 is 0 Å². The highest BCUT2D eigenvalue weighted by atomic mass is 16.2. The van der Waals surface area contributed by atoms with Crippen molar-refractivity contribution in [2.75, 3.05) is 0 Å². The Balaban J connectivity index is 1.64. The van der Waals surface area contributed by atoms with Crippen LogP contribution in [0.2, 0.25) is 0 Å². The topological polar surface area (TPSA) is 75.6 Å². The maximum absolute atomic E-state index is 12.2. The van der Waals surface area contributed by atoms with Gasteiger partial charge in [-0.2, -0.15) is 10.2 Å². The summed E-state index contributed by atoms with van der Waals surface area (Å²) in [7, 11) is 0. The highest BCUT2D eigenvalue weighted by molar-refractivity contribution is 5.92. The fourth-order valence-corrected chi connectivity index (χ4v) is 2.54. The fourth-order valence-electron chi connectivity index (χ4n) is 2.54. The van der Waals surface area contributed by atoms with Crippen LogP contribution in [-0.2, 0) is 12.8 Å². The third kappa shape index (κ3) is 2.45. The van der Waals surface area contributed by atoms with Gasteiger partial charge in [-0.15, -0.1) is 0 Å². The lowest BCUT2D eigenvalue weighted by Gasteiger charge is -2.22. The molecule has 1 amide bonds. The van der Waals surface area contributed by atoms with E-state index in [0.717, 1.165) is 25.0 Å². The molecule has 2 aromatic rings. The van der Waals surface area contributed by atoms with E-state index in [2.05, 4.69) is 20.6 Å². The number of amides is 1. The Bertz CT molecular complexity index is 613. The van der Waals surface area contributed by atoms with Crippen molar-refractivity contribution in [3.05, 3.63) is 35.4 Å². The number of H-pyrrole nitrogens is 1. The van der Waals surface area contributed by atoms with Gasteiger partial charge in [0.15, 0.2) is 0 Å². The van der Waals surface area contributed by atoms with Crippen LogP contribution in [0.25, 0.3) is 0 Å². The molecule has 6 nitrogen and oxygen atoms in total. The lowest BCUT2D eigenvalue weighted by atomic mass is 9.94. The number of fused-ring (bicyclic) bond motifs is 1. The molecule has 0 radical (unpaired) electrons. The van der Waals surface area contributed by atoms with Crippen molar-refractivity contribution in [2.45, 2.75) is 45.2 Å². The molecule has 0 aliphatic heterocycles. The molecule has 0 saturated heterocycles. The average Bonchev–Trinajstić information content (AvgIpc) is 3.07. The molecule has 0 bridgehead atoms. The van der Waals surface area contributed by atoms with Crippen LogP contribution >= 0.6 is 0 Å². The van der Waals surface area contributed by atoms with Crippen molar-refractivity contribution in [3.63, 3.8) is 0 Å². The van der Waals surface area contributed by atoms with Crippen LogP contribution in [0, 0.1) is 0 Å². The number of aromatic nitrogens is 4. The van der Waals surface area contributed by atoms with Crippen molar-refractivity contribution in [1.29, 1.82) is 0 Å². The molecule has 3 rings (SSSR count). The van der Waals surface area contributed by atoms with Crippen molar-refractivity contribution < 1.29 is 4.79 Å². The minimum Gasteiger partial charge on any atom is -0.348 e. The molecular formula is C14H19N5O. The number of carbonyl (C=O) groups is 1. The predicted octanol–water partition coefficient (Wildman–Crippen LogP) is 1.47. The molecule has 2 N–H and O–H groups in total. The summed E-state index contributed by atoms with van der Waals surface area (Å²) in [6.07, 6.45) is 6.43. The number of aryl methyl sites for hydroxylation is 1. The maximum Gasteiger partial charge on any atom is 0.272 e. The van der Waals surface area contributed by atoms with Crippen LogP contribution in [0.5, 0.6) is 0 Å². The van der Waals surface area contributed by atoms with Crippen LogP contribution < -0.4 is 5.32 Å². The number of carbonyl (C=O) groups excluding carboxylic acids is 1. The SMILES string of the molecule is CC(C)n1ccc(C(=O)NC2CCc3cn[nH]c3C2)n1. The maximum atomic E-state index is 12.2. The molecule has 1 aliphatic rings. The van der Waals surface area contributed by atoms with Gasteiger partial charge in [-0.05, 0) is 38.3 Å². The second-order valence-corrected chi connectivity index (χ2v) is 5.56. The van der Waals surface area contributed by atoms with Crippen LogP contribution in [0.4, 0.5) is 0 Å². The summed E-state index contributed by atoms with van der Waals surface area (Å²) >= 11 is 0. The second-order valence-electron chi connectivity index (χ2n) is 5.56. The molecule has 0 saturated carbocycles. The van der Waals surface area contributed by atoms with E-state index < -0.39 is 0 Å². The Morgan fingerprint density at radius 2 is 2.40 bits per heavy atom. The monoisotopic (exact) mass is 273 g/mol. The van der Waals surface area contributed by atoms with Gasteiger partial charge in [-0.25, -0.2) is 0 Å². The zero-order chi connectivity index (χ0) is 14.1. The first-order valence-corrected chi connectivity index (χ1v) is 7.00. The fraction of sp³-hybridized carbons (Fsp3) is 0.500. The second kappa shape index (κ2) is 5.11. The number of nitrogens with one attached hydrogen (secondary N) is 2. The molecule has 106 valence electrons. The van der Waals surface area contributed by atoms with Gasteiger partial charge in [0.05, 0.1) is 6.20 Å². The van der Waals surface area contributed by atoms with Gasteiger partial charge in [0.25, 0.3) is 5.91 Å². The Morgan fingerprint density at radius 3 is 3.15 bits per heavy atom. The van der Waals surface area contributed by atoms with E-state index in [1.807, 2.05) is 26.2 Å². The average molecular weight is 273 g/mol. The molecule has 6 heteroatoms. The molecule has 0 spiro atoms. The van der Waals surface area contributed by atoms with Crippen LogP contribution in [0.3, 0.4) is 0 Å². The van der Waals surface area contributed by atoms with Gasteiger partial charge in [-0.1, -0.05) is 0 Å². The molecule has 1 aliphatic carbocycles. The summed E-state index contributed by atoms with van der Waals surface area (Å²) in [6, 6.07) is 2.18. The highest BCUT2D eigenvalue weighted by Gasteiger charge is 2.22. The molecule has 20 heavy (non-hydrogen) atoms. The van der Waals surface area contributed by atoms with Crippen LogP contribution in [0.1, 0.15) is 48.1 Å². The van der Waals surface area contributed by atoms with Crippen LogP contribution in [0.15, 0.2) is 18.5 Å². The van der Waals surface area contributed by atoms with Gasteiger partial charge in [0, 0.05) is 30.4 Å². The normalized spacial score (nSPS) is 18.1. The minimum atomic E-state index is -0.0997. The molecule has 1 unspecified atom stereocenters. The largest absolute Gasteiger partial charge is 0.348 e.